The lowest BCUT2D eigenvalue weighted by atomic mass is 9.88. The summed E-state index contributed by atoms with van der Waals surface area (Å²) in [5.41, 5.74) is 6.55. The van der Waals surface area contributed by atoms with Crippen molar-refractivity contribution in [1.82, 2.24) is 5.32 Å². The fourth-order valence-corrected chi connectivity index (χ4v) is 2.48. The van der Waals surface area contributed by atoms with Crippen molar-refractivity contribution in [2.45, 2.75) is 52.0 Å². The largest absolute Gasteiger partial charge is 0.354 e. The molecule has 0 saturated heterocycles. The molecule has 2 atom stereocenters. The Hall–Kier alpha value is -1.35. The smallest absolute Gasteiger partial charge is 0.239 e. The summed E-state index contributed by atoms with van der Waals surface area (Å²) < 4.78 is 0. The lowest BCUT2D eigenvalue weighted by molar-refractivity contribution is -0.126. The van der Waals surface area contributed by atoms with Crippen molar-refractivity contribution in [3.63, 3.8) is 0 Å². The van der Waals surface area contributed by atoms with E-state index in [1.807, 2.05) is 25.1 Å². The van der Waals surface area contributed by atoms with Crippen molar-refractivity contribution < 1.29 is 4.79 Å². The third-order valence-electron chi connectivity index (χ3n) is 3.80. The molecular formula is C17H28N2O. The fraction of sp³-hybridized carbons (Fsp3) is 0.588. The van der Waals surface area contributed by atoms with Crippen LogP contribution in [0.15, 0.2) is 30.3 Å². The average molecular weight is 276 g/mol. The van der Waals surface area contributed by atoms with Gasteiger partial charge in [-0.1, -0.05) is 57.5 Å². The minimum atomic E-state index is -0.771. The molecule has 20 heavy (non-hydrogen) atoms. The summed E-state index contributed by atoms with van der Waals surface area (Å²) in [6, 6.07) is 10.3. The van der Waals surface area contributed by atoms with E-state index in [1.165, 1.54) is 5.56 Å². The first-order valence-corrected chi connectivity index (χ1v) is 7.50. The van der Waals surface area contributed by atoms with Crippen LogP contribution in [0.5, 0.6) is 0 Å². The van der Waals surface area contributed by atoms with Crippen molar-refractivity contribution in [2.24, 2.45) is 11.7 Å². The first-order chi connectivity index (χ1) is 9.38. The lowest BCUT2D eigenvalue weighted by Gasteiger charge is -2.26. The molecule has 1 rings (SSSR count). The van der Waals surface area contributed by atoms with Gasteiger partial charge in [0.15, 0.2) is 0 Å². The van der Waals surface area contributed by atoms with E-state index >= 15 is 0 Å². The molecule has 3 nitrogen and oxygen atoms in total. The molecule has 0 fully saturated rings. The molecule has 0 aromatic heterocycles. The zero-order valence-electron chi connectivity index (χ0n) is 13.1. The van der Waals surface area contributed by atoms with Gasteiger partial charge >= 0.3 is 0 Å². The molecule has 0 heterocycles. The van der Waals surface area contributed by atoms with E-state index in [9.17, 15) is 4.79 Å². The highest BCUT2D eigenvalue weighted by molar-refractivity contribution is 5.85. The standard InChI is InChI=1S/C17H28N2O/c1-5-11-17(4,18)16(20)19-12-15(13(2)3)14-9-7-6-8-10-14/h6-10,13,15H,5,11-12,18H2,1-4H3,(H,19,20). The summed E-state index contributed by atoms with van der Waals surface area (Å²) in [7, 11) is 0. The second-order valence-electron chi connectivity index (χ2n) is 6.14. The number of rotatable bonds is 7. The summed E-state index contributed by atoms with van der Waals surface area (Å²) in [6.07, 6.45) is 1.61. The Balaban J connectivity index is 2.67. The van der Waals surface area contributed by atoms with Gasteiger partial charge in [-0.25, -0.2) is 0 Å². The number of carbonyl (C=O) groups excluding carboxylic acids is 1. The minimum absolute atomic E-state index is 0.0547. The van der Waals surface area contributed by atoms with Crippen molar-refractivity contribution >= 4 is 5.91 Å². The molecule has 0 aliphatic rings. The van der Waals surface area contributed by atoms with Gasteiger partial charge in [0.25, 0.3) is 0 Å². The van der Waals surface area contributed by atoms with Crippen LogP contribution in [-0.4, -0.2) is 18.0 Å². The third kappa shape index (κ3) is 4.64. The second-order valence-corrected chi connectivity index (χ2v) is 6.14. The van der Waals surface area contributed by atoms with Gasteiger partial charge in [0, 0.05) is 12.5 Å². The molecule has 2 unspecified atom stereocenters. The highest BCUT2D eigenvalue weighted by atomic mass is 16.2. The summed E-state index contributed by atoms with van der Waals surface area (Å²) in [4.78, 5) is 12.2. The highest BCUT2D eigenvalue weighted by Crippen LogP contribution is 2.23. The van der Waals surface area contributed by atoms with Crippen LogP contribution in [0.3, 0.4) is 0 Å². The van der Waals surface area contributed by atoms with Crippen molar-refractivity contribution in [2.75, 3.05) is 6.54 Å². The van der Waals surface area contributed by atoms with Crippen LogP contribution in [0.1, 0.15) is 52.0 Å². The van der Waals surface area contributed by atoms with Gasteiger partial charge in [0.05, 0.1) is 5.54 Å². The van der Waals surface area contributed by atoms with Gasteiger partial charge in [-0.15, -0.1) is 0 Å². The maximum atomic E-state index is 12.2. The van der Waals surface area contributed by atoms with E-state index in [4.69, 9.17) is 5.73 Å². The number of benzene rings is 1. The van der Waals surface area contributed by atoms with Crippen molar-refractivity contribution in [3.05, 3.63) is 35.9 Å². The molecule has 0 aliphatic carbocycles. The van der Waals surface area contributed by atoms with Crippen LogP contribution in [0.4, 0.5) is 0 Å². The summed E-state index contributed by atoms with van der Waals surface area (Å²) in [6.45, 7) is 8.84. The topological polar surface area (TPSA) is 55.1 Å². The van der Waals surface area contributed by atoms with Gasteiger partial charge in [-0.2, -0.15) is 0 Å². The Morgan fingerprint density at radius 3 is 2.40 bits per heavy atom. The predicted octanol–water partition coefficient (Wildman–Crippen LogP) is 3.06. The fourth-order valence-electron chi connectivity index (χ4n) is 2.48. The van der Waals surface area contributed by atoms with Crippen LogP contribution in [0, 0.1) is 5.92 Å². The molecule has 1 aromatic carbocycles. The average Bonchev–Trinajstić information content (AvgIpc) is 2.39. The molecule has 1 aromatic rings. The zero-order valence-corrected chi connectivity index (χ0v) is 13.1. The summed E-state index contributed by atoms with van der Waals surface area (Å²) >= 11 is 0. The summed E-state index contributed by atoms with van der Waals surface area (Å²) in [5, 5.41) is 3.02. The van der Waals surface area contributed by atoms with Crippen molar-refractivity contribution in [1.29, 1.82) is 0 Å². The Bertz CT molecular complexity index is 412. The molecule has 0 bridgehead atoms. The van der Waals surface area contributed by atoms with Crippen LogP contribution in [0.25, 0.3) is 0 Å². The number of nitrogens with one attached hydrogen (secondary N) is 1. The quantitative estimate of drug-likeness (QED) is 0.804. The Morgan fingerprint density at radius 2 is 1.90 bits per heavy atom. The predicted molar refractivity (Wildman–Crippen MR) is 84.5 cm³/mol. The normalized spacial score (nSPS) is 15.7. The Labute approximate surface area is 122 Å². The van der Waals surface area contributed by atoms with E-state index < -0.39 is 5.54 Å². The molecule has 0 saturated carbocycles. The highest BCUT2D eigenvalue weighted by Gasteiger charge is 2.28. The van der Waals surface area contributed by atoms with E-state index in [1.54, 1.807) is 6.92 Å². The van der Waals surface area contributed by atoms with Gasteiger partial charge in [0.2, 0.25) is 5.91 Å². The van der Waals surface area contributed by atoms with E-state index in [0.717, 1.165) is 6.42 Å². The van der Waals surface area contributed by atoms with Crippen LogP contribution in [0.2, 0.25) is 0 Å². The molecule has 0 spiro atoms. The monoisotopic (exact) mass is 276 g/mol. The van der Waals surface area contributed by atoms with Gasteiger partial charge < -0.3 is 11.1 Å². The number of amides is 1. The van der Waals surface area contributed by atoms with Gasteiger partial charge in [-0.05, 0) is 24.8 Å². The van der Waals surface area contributed by atoms with Crippen molar-refractivity contribution in [3.8, 4) is 0 Å². The molecule has 0 aliphatic heterocycles. The number of hydrogen-bond acceptors (Lipinski definition) is 2. The third-order valence-corrected chi connectivity index (χ3v) is 3.80. The first kappa shape index (κ1) is 16.7. The molecule has 3 heteroatoms. The molecule has 112 valence electrons. The van der Waals surface area contributed by atoms with Crippen LogP contribution < -0.4 is 11.1 Å². The van der Waals surface area contributed by atoms with E-state index in [2.05, 4.69) is 31.3 Å². The molecule has 3 N–H and O–H groups in total. The molecule has 1 amide bonds. The lowest BCUT2D eigenvalue weighted by Crippen LogP contribution is -2.52. The minimum Gasteiger partial charge on any atom is -0.354 e. The second kappa shape index (κ2) is 7.44. The zero-order chi connectivity index (χ0) is 15.2. The van der Waals surface area contributed by atoms with Crippen LogP contribution >= 0.6 is 0 Å². The summed E-state index contributed by atoms with van der Waals surface area (Å²) in [5.74, 6) is 0.728. The Morgan fingerprint density at radius 1 is 1.30 bits per heavy atom. The molecule has 0 radical (unpaired) electrons. The van der Waals surface area contributed by atoms with Crippen LogP contribution in [-0.2, 0) is 4.79 Å². The van der Waals surface area contributed by atoms with E-state index in [-0.39, 0.29) is 5.91 Å². The SMILES string of the molecule is CCCC(C)(N)C(=O)NCC(c1ccccc1)C(C)C. The maximum absolute atomic E-state index is 12.2. The van der Waals surface area contributed by atoms with Gasteiger partial charge in [-0.3, -0.25) is 4.79 Å². The molecular weight excluding hydrogens is 248 g/mol. The number of nitrogens with two attached hydrogens (primary N) is 1. The van der Waals surface area contributed by atoms with Gasteiger partial charge in [0.1, 0.15) is 0 Å². The number of carbonyl (C=O) groups is 1. The van der Waals surface area contributed by atoms with E-state index in [0.29, 0.717) is 24.8 Å². The number of hydrogen-bond donors (Lipinski definition) is 2. The maximum Gasteiger partial charge on any atom is 0.239 e. The Kier molecular flexibility index (Phi) is 6.21. The first-order valence-electron chi connectivity index (χ1n) is 7.50.